The average Bonchev–Trinajstić information content (AvgIpc) is 2.78. The predicted octanol–water partition coefficient (Wildman–Crippen LogP) is -0.00730. The molecule has 1 heterocycles. The van der Waals surface area contributed by atoms with Gasteiger partial charge in [-0.2, -0.15) is 0 Å². The molecule has 0 spiro atoms. The zero-order valence-electron chi connectivity index (χ0n) is 8.82. The van der Waals surface area contributed by atoms with Crippen molar-refractivity contribution in [2.75, 3.05) is 26.3 Å². The van der Waals surface area contributed by atoms with E-state index in [2.05, 4.69) is 4.90 Å². The Balaban J connectivity index is 1.83. The number of rotatable bonds is 2. The summed E-state index contributed by atoms with van der Waals surface area (Å²) in [5.74, 6) is -0.242. The summed E-state index contributed by atoms with van der Waals surface area (Å²) in [6, 6.07) is 0.496. The monoisotopic (exact) mass is 214 g/mol. The minimum absolute atomic E-state index is 0.0113. The molecule has 5 heteroatoms. The summed E-state index contributed by atoms with van der Waals surface area (Å²) in [6.07, 6.45) is 2.80. The SMILES string of the molecule is O=C(NO)C1CCC(N2CCOCC2)C1. The maximum Gasteiger partial charge on any atom is 0.246 e. The number of hydrogen-bond donors (Lipinski definition) is 2. The third-order valence-electron chi connectivity index (χ3n) is 3.45. The van der Waals surface area contributed by atoms with E-state index in [-0.39, 0.29) is 11.8 Å². The van der Waals surface area contributed by atoms with Crippen molar-refractivity contribution in [2.45, 2.75) is 25.3 Å². The molecule has 1 aliphatic carbocycles. The minimum atomic E-state index is -0.231. The van der Waals surface area contributed by atoms with Crippen LogP contribution < -0.4 is 5.48 Å². The zero-order chi connectivity index (χ0) is 10.7. The first-order valence-corrected chi connectivity index (χ1v) is 5.57. The summed E-state index contributed by atoms with van der Waals surface area (Å²) in [6.45, 7) is 3.54. The summed E-state index contributed by atoms with van der Waals surface area (Å²) in [5, 5.41) is 8.56. The first kappa shape index (κ1) is 10.9. The standard InChI is InChI=1S/C10H18N2O3/c13-10(11-14)8-1-2-9(7-8)12-3-5-15-6-4-12/h8-9,14H,1-7H2,(H,11,13). The molecule has 1 aliphatic heterocycles. The Hall–Kier alpha value is -0.650. The van der Waals surface area contributed by atoms with Gasteiger partial charge in [-0.3, -0.25) is 14.9 Å². The Kier molecular flexibility index (Phi) is 3.56. The van der Waals surface area contributed by atoms with Crippen LogP contribution in [0, 0.1) is 5.92 Å². The molecule has 86 valence electrons. The smallest absolute Gasteiger partial charge is 0.246 e. The van der Waals surface area contributed by atoms with Crippen molar-refractivity contribution < 1.29 is 14.7 Å². The quantitative estimate of drug-likeness (QED) is 0.501. The second-order valence-corrected chi connectivity index (χ2v) is 4.29. The van der Waals surface area contributed by atoms with Gasteiger partial charge in [-0.05, 0) is 19.3 Å². The molecular weight excluding hydrogens is 196 g/mol. The predicted molar refractivity (Wildman–Crippen MR) is 53.5 cm³/mol. The van der Waals surface area contributed by atoms with Gasteiger partial charge in [0.2, 0.25) is 5.91 Å². The van der Waals surface area contributed by atoms with Gasteiger partial charge in [0.25, 0.3) is 0 Å². The first-order chi connectivity index (χ1) is 7.31. The third-order valence-corrected chi connectivity index (χ3v) is 3.45. The van der Waals surface area contributed by atoms with Gasteiger partial charge in [-0.1, -0.05) is 0 Å². The molecule has 0 aromatic rings. The molecule has 15 heavy (non-hydrogen) atoms. The average molecular weight is 214 g/mol. The summed E-state index contributed by atoms with van der Waals surface area (Å²) < 4.78 is 5.29. The van der Waals surface area contributed by atoms with Gasteiger partial charge in [-0.15, -0.1) is 0 Å². The van der Waals surface area contributed by atoms with Crippen molar-refractivity contribution in [3.63, 3.8) is 0 Å². The maximum absolute atomic E-state index is 11.2. The molecule has 2 fully saturated rings. The van der Waals surface area contributed by atoms with Crippen LogP contribution in [0.1, 0.15) is 19.3 Å². The number of amides is 1. The highest BCUT2D eigenvalue weighted by atomic mass is 16.5. The summed E-state index contributed by atoms with van der Waals surface area (Å²) >= 11 is 0. The Morgan fingerprint density at radius 1 is 1.33 bits per heavy atom. The Morgan fingerprint density at radius 3 is 2.73 bits per heavy atom. The van der Waals surface area contributed by atoms with Crippen LogP contribution >= 0.6 is 0 Å². The summed E-state index contributed by atoms with van der Waals surface area (Å²) in [5.41, 5.74) is 1.75. The van der Waals surface area contributed by atoms with Gasteiger partial charge in [0.15, 0.2) is 0 Å². The van der Waals surface area contributed by atoms with E-state index in [0.29, 0.717) is 6.04 Å². The van der Waals surface area contributed by atoms with Gasteiger partial charge in [0, 0.05) is 25.0 Å². The van der Waals surface area contributed by atoms with E-state index < -0.39 is 0 Å². The lowest BCUT2D eigenvalue weighted by molar-refractivity contribution is -0.133. The van der Waals surface area contributed by atoms with Gasteiger partial charge >= 0.3 is 0 Å². The molecule has 1 amide bonds. The molecule has 1 saturated heterocycles. The van der Waals surface area contributed by atoms with Crippen LogP contribution in [0.4, 0.5) is 0 Å². The number of morpholine rings is 1. The molecule has 0 aromatic carbocycles. The molecular formula is C10H18N2O3. The molecule has 2 atom stereocenters. The Morgan fingerprint density at radius 2 is 2.07 bits per heavy atom. The van der Waals surface area contributed by atoms with Gasteiger partial charge in [0.1, 0.15) is 0 Å². The normalized spacial score (nSPS) is 32.9. The highest BCUT2D eigenvalue weighted by Crippen LogP contribution is 2.29. The van der Waals surface area contributed by atoms with E-state index in [1.54, 1.807) is 5.48 Å². The number of ether oxygens (including phenoxy) is 1. The second-order valence-electron chi connectivity index (χ2n) is 4.29. The van der Waals surface area contributed by atoms with Crippen LogP contribution in [-0.2, 0) is 9.53 Å². The molecule has 2 unspecified atom stereocenters. The molecule has 0 aromatic heterocycles. The molecule has 1 saturated carbocycles. The summed E-state index contributed by atoms with van der Waals surface area (Å²) in [7, 11) is 0. The third kappa shape index (κ3) is 2.48. The van der Waals surface area contributed by atoms with Crippen molar-refractivity contribution >= 4 is 5.91 Å². The van der Waals surface area contributed by atoms with E-state index in [1.165, 1.54) is 0 Å². The van der Waals surface area contributed by atoms with Gasteiger partial charge in [-0.25, -0.2) is 5.48 Å². The van der Waals surface area contributed by atoms with Crippen LogP contribution in [0.3, 0.4) is 0 Å². The topological polar surface area (TPSA) is 61.8 Å². The number of hydroxylamine groups is 1. The molecule has 0 radical (unpaired) electrons. The van der Waals surface area contributed by atoms with E-state index in [9.17, 15) is 4.79 Å². The van der Waals surface area contributed by atoms with Crippen molar-refractivity contribution in [1.29, 1.82) is 0 Å². The fourth-order valence-electron chi connectivity index (χ4n) is 2.56. The van der Waals surface area contributed by atoms with Crippen LogP contribution in [-0.4, -0.2) is 48.4 Å². The van der Waals surface area contributed by atoms with Gasteiger partial charge in [0.05, 0.1) is 13.2 Å². The van der Waals surface area contributed by atoms with Crippen LogP contribution in [0.2, 0.25) is 0 Å². The lowest BCUT2D eigenvalue weighted by atomic mass is 10.1. The maximum atomic E-state index is 11.2. The van der Waals surface area contributed by atoms with Crippen molar-refractivity contribution in [3.8, 4) is 0 Å². The van der Waals surface area contributed by atoms with Crippen molar-refractivity contribution in [2.24, 2.45) is 5.92 Å². The highest BCUT2D eigenvalue weighted by molar-refractivity contribution is 5.77. The fourth-order valence-corrected chi connectivity index (χ4v) is 2.56. The molecule has 2 rings (SSSR count). The summed E-state index contributed by atoms with van der Waals surface area (Å²) in [4.78, 5) is 13.6. The van der Waals surface area contributed by atoms with Crippen LogP contribution in [0.25, 0.3) is 0 Å². The fraction of sp³-hybridized carbons (Fsp3) is 0.900. The lowest BCUT2D eigenvalue weighted by Gasteiger charge is -2.32. The second kappa shape index (κ2) is 4.92. The molecule has 2 aliphatic rings. The molecule has 5 nitrogen and oxygen atoms in total. The number of nitrogens with zero attached hydrogens (tertiary/aromatic N) is 1. The number of carbonyl (C=O) groups is 1. The number of hydrogen-bond acceptors (Lipinski definition) is 4. The Labute approximate surface area is 89.3 Å². The number of nitrogens with one attached hydrogen (secondary N) is 1. The van der Waals surface area contributed by atoms with E-state index in [0.717, 1.165) is 45.6 Å². The van der Waals surface area contributed by atoms with Crippen molar-refractivity contribution in [1.82, 2.24) is 10.4 Å². The zero-order valence-corrected chi connectivity index (χ0v) is 8.82. The van der Waals surface area contributed by atoms with E-state index >= 15 is 0 Å². The number of carbonyl (C=O) groups excluding carboxylic acids is 1. The molecule has 2 N–H and O–H groups in total. The van der Waals surface area contributed by atoms with Crippen molar-refractivity contribution in [3.05, 3.63) is 0 Å². The van der Waals surface area contributed by atoms with Crippen LogP contribution in [0.5, 0.6) is 0 Å². The highest BCUT2D eigenvalue weighted by Gasteiger charge is 2.33. The molecule has 0 bridgehead atoms. The largest absolute Gasteiger partial charge is 0.379 e. The van der Waals surface area contributed by atoms with Crippen LogP contribution in [0.15, 0.2) is 0 Å². The van der Waals surface area contributed by atoms with Gasteiger partial charge < -0.3 is 4.74 Å². The lowest BCUT2D eigenvalue weighted by Crippen LogP contribution is -2.42. The Bertz CT molecular complexity index is 229. The van der Waals surface area contributed by atoms with E-state index in [1.807, 2.05) is 0 Å². The first-order valence-electron chi connectivity index (χ1n) is 5.57. The minimum Gasteiger partial charge on any atom is -0.379 e. The van der Waals surface area contributed by atoms with E-state index in [4.69, 9.17) is 9.94 Å².